The van der Waals surface area contributed by atoms with E-state index in [4.69, 9.17) is 14.5 Å². The average Bonchev–Trinajstić information content (AvgIpc) is 3.42. The Labute approximate surface area is 215 Å². The summed E-state index contributed by atoms with van der Waals surface area (Å²) in [7, 11) is 0.169. The van der Waals surface area contributed by atoms with Gasteiger partial charge in [0.1, 0.15) is 11.5 Å². The molecule has 1 aliphatic rings. The minimum atomic E-state index is -1.77. The van der Waals surface area contributed by atoms with Crippen molar-refractivity contribution in [1.82, 2.24) is 24.5 Å². The van der Waals surface area contributed by atoms with Gasteiger partial charge >= 0.3 is 0 Å². The number of aryl methyl sites for hydroxylation is 1. The Morgan fingerprint density at radius 1 is 1.03 bits per heavy atom. The summed E-state index contributed by atoms with van der Waals surface area (Å²) in [5.74, 6) is 0.822. The van der Waals surface area contributed by atoms with Crippen LogP contribution in [0.4, 0.5) is 11.5 Å². The van der Waals surface area contributed by atoms with E-state index in [1.165, 1.54) is 0 Å². The predicted molar refractivity (Wildman–Crippen MR) is 149 cm³/mol. The predicted octanol–water partition coefficient (Wildman–Crippen LogP) is 7.08. The van der Waals surface area contributed by atoms with Crippen LogP contribution in [0.15, 0.2) is 55.0 Å². The lowest BCUT2D eigenvalue weighted by molar-refractivity contribution is 0.116. The van der Waals surface area contributed by atoms with Crippen LogP contribution >= 0.6 is 0 Å². The highest BCUT2D eigenvalue weighted by atomic mass is 28.4. The Morgan fingerprint density at radius 3 is 2.39 bits per heavy atom. The van der Waals surface area contributed by atoms with Gasteiger partial charge in [0.25, 0.3) is 0 Å². The molecular formula is C28H38N6OSi. The Kier molecular flexibility index (Phi) is 6.51. The van der Waals surface area contributed by atoms with Crippen molar-refractivity contribution in [2.45, 2.75) is 76.7 Å². The molecule has 3 aromatic heterocycles. The van der Waals surface area contributed by atoms with E-state index in [-0.39, 0.29) is 5.04 Å². The van der Waals surface area contributed by atoms with Crippen molar-refractivity contribution in [3.8, 4) is 11.3 Å². The van der Waals surface area contributed by atoms with E-state index in [2.05, 4.69) is 55.0 Å². The van der Waals surface area contributed by atoms with E-state index < -0.39 is 8.32 Å². The minimum Gasteiger partial charge on any atom is -0.414 e. The van der Waals surface area contributed by atoms with E-state index in [9.17, 15) is 0 Å². The normalized spacial score (nSPS) is 19.1. The molecule has 0 saturated heterocycles. The molecule has 1 fully saturated rings. The van der Waals surface area contributed by atoms with E-state index in [1.54, 1.807) is 0 Å². The van der Waals surface area contributed by atoms with Crippen molar-refractivity contribution < 1.29 is 4.43 Å². The standard InChI is InChI=1S/C28H38N6OSi/c1-28(2,3)36(5,6)35-23-14-12-22(13-15-23)34-25-16-26(31-21-10-8-7-9-11-21)29-18-24(25)27(32-34)20-17-30-33(4)19-20/h7-11,16-19,22-23H,12-15H2,1-6H3,(H,29,31)/t22-,23-. The van der Waals surface area contributed by atoms with Crippen molar-refractivity contribution in [1.29, 1.82) is 0 Å². The van der Waals surface area contributed by atoms with E-state index in [1.807, 2.05) is 60.7 Å². The van der Waals surface area contributed by atoms with Gasteiger partial charge in [-0.2, -0.15) is 10.2 Å². The number of para-hydroxylation sites is 1. The molecule has 5 rings (SSSR count). The zero-order valence-electron chi connectivity index (χ0n) is 22.3. The highest BCUT2D eigenvalue weighted by molar-refractivity contribution is 6.74. The molecule has 1 aromatic carbocycles. The molecule has 36 heavy (non-hydrogen) atoms. The van der Waals surface area contributed by atoms with Crippen molar-refractivity contribution in [3.05, 3.63) is 55.0 Å². The number of benzene rings is 1. The summed E-state index contributed by atoms with van der Waals surface area (Å²) in [4.78, 5) is 4.72. The lowest BCUT2D eigenvalue weighted by Gasteiger charge is -2.41. The van der Waals surface area contributed by atoms with Crippen LogP contribution < -0.4 is 5.32 Å². The van der Waals surface area contributed by atoms with Crippen LogP contribution in [0.3, 0.4) is 0 Å². The van der Waals surface area contributed by atoms with Crippen molar-refractivity contribution in [3.63, 3.8) is 0 Å². The summed E-state index contributed by atoms with van der Waals surface area (Å²) in [5.41, 5.74) is 4.08. The van der Waals surface area contributed by atoms with Gasteiger partial charge in [-0.3, -0.25) is 9.36 Å². The van der Waals surface area contributed by atoms with Crippen LogP contribution in [-0.4, -0.2) is 39.0 Å². The third-order valence-corrected chi connectivity index (χ3v) is 12.4. The first-order valence-corrected chi connectivity index (χ1v) is 15.9. The molecule has 0 unspecified atom stereocenters. The number of anilines is 2. The SMILES string of the molecule is Cn1cc(-c2nn([C@H]3CC[C@H](O[Si](C)(C)C(C)(C)C)CC3)c3cc(Nc4ccccc4)ncc23)cn1. The Morgan fingerprint density at radius 2 is 1.75 bits per heavy atom. The summed E-state index contributed by atoms with van der Waals surface area (Å²) < 4.78 is 10.8. The van der Waals surface area contributed by atoms with Gasteiger partial charge in [0.2, 0.25) is 0 Å². The maximum absolute atomic E-state index is 6.76. The number of nitrogens with one attached hydrogen (secondary N) is 1. The second-order valence-electron chi connectivity index (χ2n) is 11.6. The largest absolute Gasteiger partial charge is 0.414 e. The minimum absolute atomic E-state index is 0.232. The van der Waals surface area contributed by atoms with Gasteiger partial charge in [-0.1, -0.05) is 39.0 Å². The molecule has 4 aromatic rings. The molecule has 0 spiro atoms. The second-order valence-corrected chi connectivity index (χ2v) is 16.3. The molecule has 1 aliphatic carbocycles. The molecule has 190 valence electrons. The molecule has 1 saturated carbocycles. The lowest BCUT2D eigenvalue weighted by atomic mass is 9.93. The summed E-state index contributed by atoms with van der Waals surface area (Å²) in [6.07, 6.45) is 10.5. The molecule has 0 amide bonds. The highest BCUT2D eigenvalue weighted by Gasteiger charge is 2.40. The summed E-state index contributed by atoms with van der Waals surface area (Å²) in [6, 6.07) is 12.6. The van der Waals surface area contributed by atoms with E-state index in [0.717, 1.165) is 59.3 Å². The number of aromatic nitrogens is 5. The molecule has 0 radical (unpaired) electrons. The number of nitrogens with zero attached hydrogens (tertiary/aromatic N) is 5. The Hall–Kier alpha value is -2.97. The Bertz CT molecular complexity index is 1330. The molecule has 0 atom stereocenters. The van der Waals surface area contributed by atoms with Gasteiger partial charge in [0.15, 0.2) is 8.32 Å². The van der Waals surface area contributed by atoms with Gasteiger partial charge in [-0.15, -0.1) is 0 Å². The van der Waals surface area contributed by atoms with Gasteiger partial charge in [0, 0.05) is 48.2 Å². The van der Waals surface area contributed by atoms with E-state index in [0.29, 0.717) is 12.1 Å². The number of fused-ring (bicyclic) bond motifs is 1. The summed E-state index contributed by atoms with van der Waals surface area (Å²) in [5, 5.41) is 14.3. The smallest absolute Gasteiger partial charge is 0.192 e. The molecule has 8 heteroatoms. The number of rotatable bonds is 6. The summed E-state index contributed by atoms with van der Waals surface area (Å²) in [6.45, 7) is 11.7. The summed E-state index contributed by atoms with van der Waals surface area (Å²) >= 11 is 0. The third kappa shape index (κ3) is 4.97. The highest BCUT2D eigenvalue weighted by Crippen LogP contribution is 2.41. The topological polar surface area (TPSA) is 69.8 Å². The second kappa shape index (κ2) is 9.48. The lowest BCUT2D eigenvalue weighted by Crippen LogP contribution is -2.44. The van der Waals surface area contributed by atoms with E-state index >= 15 is 0 Å². The molecule has 7 nitrogen and oxygen atoms in total. The third-order valence-electron chi connectivity index (χ3n) is 7.87. The van der Waals surface area contributed by atoms with Crippen LogP contribution in [0.5, 0.6) is 0 Å². The molecule has 3 heterocycles. The van der Waals surface area contributed by atoms with Gasteiger partial charge < -0.3 is 9.74 Å². The fourth-order valence-electron chi connectivity index (χ4n) is 4.81. The van der Waals surface area contributed by atoms with Gasteiger partial charge in [0.05, 0.1) is 17.8 Å². The molecule has 0 bridgehead atoms. The first kappa shape index (κ1) is 24.7. The number of hydrogen-bond donors (Lipinski definition) is 1. The fraction of sp³-hybridized carbons (Fsp3) is 0.464. The monoisotopic (exact) mass is 502 g/mol. The molecule has 1 N–H and O–H groups in total. The zero-order chi connectivity index (χ0) is 25.5. The van der Waals surface area contributed by atoms with Crippen molar-refractivity contribution in [2.24, 2.45) is 7.05 Å². The molecular weight excluding hydrogens is 464 g/mol. The Balaban J connectivity index is 1.44. The van der Waals surface area contributed by atoms with Crippen LogP contribution in [0.25, 0.3) is 22.2 Å². The van der Waals surface area contributed by atoms with Crippen molar-refractivity contribution >= 4 is 30.7 Å². The first-order valence-electron chi connectivity index (χ1n) is 13.0. The fourth-order valence-corrected chi connectivity index (χ4v) is 6.23. The van der Waals surface area contributed by atoms with Crippen molar-refractivity contribution in [2.75, 3.05) is 5.32 Å². The maximum Gasteiger partial charge on any atom is 0.192 e. The quantitative estimate of drug-likeness (QED) is 0.285. The van der Waals surface area contributed by atoms with Crippen LogP contribution in [0, 0.1) is 0 Å². The van der Waals surface area contributed by atoms with Crippen LogP contribution in [-0.2, 0) is 11.5 Å². The average molecular weight is 503 g/mol. The first-order chi connectivity index (χ1) is 17.1. The zero-order valence-corrected chi connectivity index (χ0v) is 23.3. The van der Waals surface area contributed by atoms with Gasteiger partial charge in [-0.25, -0.2) is 4.98 Å². The maximum atomic E-state index is 6.76. The molecule has 0 aliphatic heterocycles. The van der Waals surface area contributed by atoms with Crippen LogP contribution in [0.1, 0.15) is 52.5 Å². The van der Waals surface area contributed by atoms with Gasteiger partial charge in [-0.05, 0) is 55.9 Å². The number of hydrogen-bond acceptors (Lipinski definition) is 5. The van der Waals surface area contributed by atoms with Crippen LogP contribution in [0.2, 0.25) is 18.1 Å². The number of pyridine rings is 1.